The zero-order valence-electron chi connectivity index (χ0n) is 9.29. The molecule has 2 aliphatic rings. The van der Waals surface area contributed by atoms with Gasteiger partial charge in [-0.2, -0.15) is 0 Å². The van der Waals surface area contributed by atoms with Crippen LogP contribution in [0.5, 0.6) is 0 Å². The summed E-state index contributed by atoms with van der Waals surface area (Å²) < 4.78 is 0. The van der Waals surface area contributed by atoms with Gasteiger partial charge in [-0.25, -0.2) is 0 Å². The van der Waals surface area contributed by atoms with Gasteiger partial charge in [-0.1, -0.05) is 0 Å². The van der Waals surface area contributed by atoms with Crippen molar-refractivity contribution in [3.05, 3.63) is 0 Å². The molecule has 0 amide bonds. The molecule has 2 N–H and O–H groups in total. The SMILES string of the molecule is CNC1(CCO)CC(C)N(C2CC2)C1. The van der Waals surface area contributed by atoms with Gasteiger partial charge < -0.3 is 10.4 Å². The van der Waals surface area contributed by atoms with Crippen LogP contribution in [0.3, 0.4) is 0 Å². The summed E-state index contributed by atoms with van der Waals surface area (Å²) in [7, 11) is 2.03. The van der Waals surface area contributed by atoms with Crippen molar-refractivity contribution in [3.63, 3.8) is 0 Å². The Bertz CT molecular complexity index is 205. The summed E-state index contributed by atoms with van der Waals surface area (Å²) >= 11 is 0. The molecule has 1 heterocycles. The van der Waals surface area contributed by atoms with Gasteiger partial charge in [0.2, 0.25) is 0 Å². The van der Waals surface area contributed by atoms with E-state index < -0.39 is 0 Å². The van der Waals surface area contributed by atoms with Crippen LogP contribution in [0, 0.1) is 0 Å². The third kappa shape index (κ3) is 1.81. The number of hydrogen-bond acceptors (Lipinski definition) is 3. The van der Waals surface area contributed by atoms with Gasteiger partial charge in [-0.3, -0.25) is 4.90 Å². The molecule has 2 rings (SSSR count). The molecule has 0 aromatic rings. The van der Waals surface area contributed by atoms with E-state index in [2.05, 4.69) is 17.1 Å². The fraction of sp³-hybridized carbons (Fsp3) is 1.00. The second-order valence-electron chi connectivity index (χ2n) is 4.96. The minimum absolute atomic E-state index is 0.177. The Morgan fingerprint density at radius 1 is 1.50 bits per heavy atom. The summed E-state index contributed by atoms with van der Waals surface area (Å²) in [6.45, 7) is 3.73. The van der Waals surface area contributed by atoms with Crippen molar-refractivity contribution in [2.45, 2.75) is 50.2 Å². The van der Waals surface area contributed by atoms with Crippen molar-refractivity contribution >= 4 is 0 Å². The monoisotopic (exact) mass is 198 g/mol. The molecule has 2 atom stereocenters. The van der Waals surface area contributed by atoms with E-state index in [0.29, 0.717) is 12.6 Å². The molecular weight excluding hydrogens is 176 g/mol. The lowest BCUT2D eigenvalue weighted by Gasteiger charge is -2.28. The van der Waals surface area contributed by atoms with Gasteiger partial charge >= 0.3 is 0 Å². The van der Waals surface area contributed by atoms with Crippen LogP contribution < -0.4 is 5.32 Å². The largest absolute Gasteiger partial charge is 0.396 e. The lowest BCUT2D eigenvalue weighted by molar-refractivity contribution is 0.204. The number of nitrogens with zero attached hydrogens (tertiary/aromatic N) is 1. The van der Waals surface area contributed by atoms with Crippen molar-refractivity contribution in [1.29, 1.82) is 0 Å². The molecular formula is C11H22N2O. The summed E-state index contributed by atoms with van der Waals surface area (Å²) in [6, 6.07) is 1.53. The van der Waals surface area contributed by atoms with Gasteiger partial charge in [0.25, 0.3) is 0 Å². The lowest BCUT2D eigenvalue weighted by Crippen LogP contribution is -2.46. The maximum Gasteiger partial charge on any atom is 0.0449 e. The molecule has 0 radical (unpaired) electrons. The number of aliphatic hydroxyl groups excluding tert-OH is 1. The van der Waals surface area contributed by atoms with Gasteiger partial charge in [0.05, 0.1) is 0 Å². The van der Waals surface area contributed by atoms with Crippen LogP contribution in [-0.2, 0) is 0 Å². The molecule has 2 unspecified atom stereocenters. The van der Waals surface area contributed by atoms with Gasteiger partial charge in [0.1, 0.15) is 0 Å². The van der Waals surface area contributed by atoms with Gasteiger partial charge in [-0.05, 0) is 39.7 Å². The summed E-state index contributed by atoms with van der Waals surface area (Å²) in [5.41, 5.74) is 0.177. The van der Waals surface area contributed by atoms with E-state index in [-0.39, 0.29) is 5.54 Å². The third-order valence-electron chi connectivity index (χ3n) is 3.87. The first-order valence-corrected chi connectivity index (χ1v) is 5.76. The Balaban J connectivity index is 2.00. The van der Waals surface area contributed by atoms with Gasteiger partial charge in [0.15, 0.2) is 0 Å². The van der Waals surface area contributed by atoms with Gasteiger partial charge in [0, 0.05) is 30.8 Å². The molecule has 0 bridgehead atoms. The van der Waals surface area contributed by atoms with Crippen LogP contribution >= 0.6 is 0 Å². The maximum atomic E-state index is 9.09. The second-order valence-corrected chi connectivity index (χ2v) is 4.96. The van der Waals surface area contributed by atoms with Crippen molar-refractivity contribution in [2.24, 2.45) is 0 Å². The first-order chi connectivity index (χ1) is 6.71. The zero-order valence-corrected chi connectivity index (χ0v) is 9.29. The summed E-state index contributed by atoms with van der Waals surface area (Å²) in [5, 5.41) is 12.5. The highest BCUT2D eigenvalue weighted by molar-refractivity contribution is 5.04. The van der Waals surface area contributed by atoms with E-state index in [9.17, 15) is 0 Å². The first kappa shape index (κ1) is 10.4. The number of nitrogens with one attached hydrogen (secondary N) is 1. The Kier molecular flexibility index (Phi) is 2.82. The Hall–Kier alpha value is -0.120. The van der Waals surface area contributed by atoms with E-state index in [0.717, 1.165) is 19.0 Å². The molecule has 82 valence electrons. The molecule has 3 nitrogen and oxygen atoms in total. The van der Waals surface area contributed by atoms with Gasteiger partial charge in [-0.15, -0.1) is 0 Å². The first-order valence-electron chi connectivity index (χ1n) is 5.76. The minimum atomic E-state index is 0.177. The van der Waals surface area contributed by atoms with Crippen LogP contribution in [0.2, 0.25) is 0 Å². The van der Waals surface area contributed by atoms with E-state index in [1.54, 1.807) is 0 Å². The average molecular weight is 198 g/mol. The smallest absolute Gasteiger partial charge is 0.0449 e. The summed E-state index contributed by atoms with van der Waals surface area (Å²) in [4.78, 5) is 2.62. The fourth-order valence-electron chi connectivity index (χ4n) is 2.85. The molecule has 1 aliphatic carbocycles. The predicted octanol–water partition coefficient (Wildman–Crippen LogP) is 0.584. The maximum absolute atomic E-state index is 9.09. The normalized spacial score (nSPS) is 39.2. The van der Waals surface area contributed by atoms with Crippen LogP contribution in [0.15, 0.2) is 0 Å². The predicted molar refractivity (Wildman–Crippen MR) is 57.3 cm³/mol. The lowest BCUT2D eigenvalue weighted by atomic mass is 9.93. The third-order valence-corrected chi connectivity index (χ3v) is 3.87. The van der Waals surface area contributed by atoms with E-state index in [1.807, 2.05) is 7.05 Å². The highest BCUT2D eigenvalue weighted by Gasteiger charge is 2.45. The fourth-order valence-corrected chi connectivity index (χ4v) is 2.85. The Labute approximate surface area is 86.5 Å². The van der Waals surface area contributed by atoms with Crippen molar-refractivity contribution in [3.8, 4) is 0 Å². The molecule has 1 saturated heterocycles. The Morgan fingerprint density at radius 2 is 2.21 bits per heavy atom. The minimum Gasteiger partial charge on any atom is -0.396 e. The van der Waals surface area contributed by atoms with E-state index in [1.165, 1.54) is 19.3 Å². The second kappa shape index (κ2) is 3.80. The molecule has 2 fully saturated rings. The average Bonchev–Trinajstić information content (AvgIpc) is 2.94. The van der Waals surface area contributed by atoms with Crippen LogP contribution in [0.25, 0.3) is 0 Å². The Morgan fingerprint density at radius 3 is 2.71 bits per heavy atom. The highest BCUT2D eigenvalue weighted by Crippen LogP contribution is 2.38. The highest BCUT2D eigenvalue weighted by atomic mass is 16.3. The number of hydrogen-bond donors (Lipinski definition) is 2. The van der Waals surface area contributed by atoms with Crippen LogP contribution in [0.4, 0.5) is 0 Å². The summed E-state index contributed by atoms with van der Waals surface area (Å²) in [6.07, 6.45) is 4.82. The number of aliphatic hydroxyl groups is 1. The van der Waals surface area contributed by atoms with E-state index in [4.69, 9.17) is 5.11 Å². The van der Waals surface area contributed by atoms with Crippen molar-refractivity contribution in [2.75, 3.05) is 20.2 Å². The van der Waals surface area contributed by atoms with Crippen molar-refractivity contribution < 1.29 is 5.11 Å². The molecule has 1 aliphatic heterocycles. The van der Waals surface area contributed by atoms with Crippen LogP contribution in [0.1, 0.15) is 32.6 Å². The number of likely N-dealkylation sites (tertiary alicyclic amines) is 1. The topological polar surface area (TPSA) is 35.5 Å². The molecule has 14 heavy (non-hydrogen) atoms. The molecule has 0 spiro atoms. The van der Waals surface area contributed by atoms with Crippen LogP contribution in [-0.4, -0.2) is 47.8 Å². The molecule has 1 saturated carbocycles. The molecule has 0 aromatic heterocycles. The standard InChI is InChI=1S/C11H22N2O/c1-9-7-11(12-2,5-6-14)8-13(9)10-3-4-10/h9-10,12,14H,3-8H2,1-2H3. The number of rotatable bonds is 4. The van der Waals surface area contributed by atoms with Crippen molar-refractivity contribution in [1.82, 2.24) is 10.2 Å². The zero-order chi connectivity index (χ0) is 10.2. The molecule has 3 heteroatoms. The number of likely N-dealkylation sites (N-methyl/N-ethyl adjacent to an activating group) is 1. The quantitative estimate of drug-likeness (QED) is 0.694. The molecule has 0 aromatic carbocycles. The summed E-state index contributed by atoms with van der Waals surface area (Å²) in [5.74, 6) is 0. The van der Waals surface area contributed by atoms with E-state index >= 15 is 0 Å².